The molecule has 1 fully saturated rings. The Hall–Kier alpha value is -0.120. The second kappa shape index (κ2) is 10.8. The number of hydrogen-bond acceptors (Lipinski definition) is 3. The Labute approximate surface area is 113 Å². The van der Waals surface area contributed by atoms with E-state index >= 15 is 0 Å². The van der Waals surface area contributed by atoms with E-state index in [2.05, 4.69) is 23.9 Å². The van der Waals surface area contributed by atoms with E-state index in [0.29, 0.717) is 0 Å². The average Bonchev–Trinajstić information content (AvgIpc) is 2.91. The van der Waals surface area contributed by atoms with Crippen LogP contribution in [0.3, 0.4) is 0 Å². The fourth-order valence-corrected chi connectivity index (χ4v) is 2.46. The van der Waals surface area contributed by atoms with Gasteiger partial charge in [0.25, 0.3) is 0 Å². The number of ether oxygens (including phenoxy) is 1. The van der Waals surface area contributed by atoms with E-state index < -0.39 is 0 Å². The Morgan fingerprint density at radius 2 is 1.50 bits per heavy atom. The summed E-state index contributed by atoms with van der Waals surface area (Å²) in [5.41, 5.74) is 0. The van der Waals surface area contributed by atoms with Gasteiger partial charge in [-0.2, -0.15) is 0 Å². The van der Waals surface area contributed by atoms with Crippen molar-refractivity contribution in [3.63, 3.8) is 0 Å². The van der Waals surface area contributed by atoms with Crippen molar-refractivity contribution in [2.45, 2.75) is 65.2 Å². The summed E-state index contributed by atoms with van der Waals surface area (Å²) < 4.78 is 5.48. The molecule has 0 unspecified atom stereocenters. The minimum Gasteiger partial charge on any atom is -0.363 e. The van der Waals surface area contributed by atoms with E-state index in [1.54, 1.807) is 0 Å². The van der Waals surface area contributed by atoms with Crippen molar-refractivity contribution in [2.24, 2.45) is 0 Å². The lowest BCUT2D eigenvalue weighted by Gasteiger charge is -2.30. The molecule has 0 aromatic heterocycles. The first-order valence-electron chi connectivity index (χ1n) is 7.96. The van der Waals surface area contributed by atoms with Gasteiger partial charge in [0.1, 0.15) is 6.73 Å². The van der Waals surface area contributed by atoms with Crippen molar-refractivity contribution >= 4 is 0 Å². The van der Waals surface area contributed by atoms with Crippen molar-refractivity contribution in [1.82, 2.24) is 10.0 Å². The molecule has 1 aliphatic rings. The highest BCUT2D eigenvalue weighted by atomic mass is 16.5. The molecule has 3 heteroatoms. The van der Waals surface area contributed by atoms with Gasteiger partial charge < -0.3 is 4.74 Å². The van der Waals surface area contributed by atoms with Crippen LogP contribution < -0.4 is 0 Å². The molecule has 0 spiro atoms. The summed E-state index contributed by atoms with van der Waals surface area (Å²) >= 11 is 0. The molecule has 108 valence electrons. The molecule has 3 nitrogen and oxygen atoms in total. The van der Waals surface area contributed by atoms with Crippen LogP contribution in [-0.2, 0) is 4.74 Å². The number of hydrogen-bond donors (Lipinski definition) is 0. The van der Waals surface area contributed by atoms with Crippen LogP contribution in [0, 0.1) is 0 Å². The van der Waals surface area contributed by atoms with Crippen LogP contribution in [-0.4, -0.2) is 43.0 Å². The first-order chi connectivity index (χ1) is 8.88. The van der Waals surface area contributed by atoms with E-state index in [-0.39, 0.29) is 0 Å². The normalized spacial score (nSPS) is 16.8. The predicted molar refractivity (Wildman–Crippen MR) is 77.4 cm³/mol. The molecule has 0 aromatic rings. The van der Waals surface area contributed by atoms with Gasteiger partial charge in [0, 0.05) is 19.6 Å². The topological polar surface area (TPSA) is 15.7 Å². The SMILES string of the molecule is CCCCCCN(CCCCCC)N1CCOC1. The minimum atomic E-state index is 0.807. The lowest BCUT2D eigenvalue weighted by molar-refractivity contribution is -0.0398. The molecule has 0 N–H and O–H groups in total. The second-order valence-corrected chi connectivity index (χ2v) is 5.34. The maximum atomic E-state index is 5.48. The van der Waals surface area contributed by atoms with Crippen LogP contribution in [0.4, 0.5) is 0 Å². The van der Waals surface area contributed by atoms with Gasteiger partial charge in [0.05, 0.1) is 6.61 Å². The van der Waals surface area contributed by atoms with Crippen LogP contribution in [0.5, 0.6) is 0 Å². The van der Waals surface area contributed by atoms with Crippen molar-refractivity contribution in [3.8, 4) is 0 Å². The molecule has 18 heavy (non-hydrogen) atoms. The molecule has 0 aromatic carbocycles. The Kier molecular flexibility index (Phi) is 9.54. The third-order valence-corrected chi connectivity index (χ3v) is 3.67. The predicted octanol–water partition coefficient (Wildman–Crippen LogP) is 3.65. The highest BCUT2D eigenvalue weighted by Crippen LogP contribution is 2.10. The fourth-order valence-electron chi connectivity index (χ4n) is 2.46. The van der Waals surface area contributed by atoms with E-state index in [0.717, 1.165) is 19.9 Å². The van der Waals surface area contributed by atoms with E-state index in [1.807, 2.05) is 0 Å². The molecular formula is C15H32N2O. The summed E-state index contributed by atoms with van der Waals surface area (Å²) in [4.78, 5) is 0. The van der Waals surface area contributed by atoms with Gasteiger partial charge in [0.2, 0.25) is 0 Å². The summed E-state index contributed by atoms with van der Waals surface area (Å²) in [5.74, 6) is 0. The van der Waals surface area contributed by atoms with Crippen molar-refractivity contribution < 1.29 is 4.74 Å². The van der Waals surface area contributed by atoms with E-state index in [4.69, 9.17) is 4.74 Å². The molecule has 1 aliphatic heterocycles. The third-order valence-electron chi connectivity index (χ3n) is 3.67. The van der Waals surface area contributed by atoms with Crippen LogP contribution in [0.25, 0.3) is 0 Å². The smallest absolute Gasteiger partial charge is 0.112 e. The monoisotopic (exact) mass is 256 g/mol. The van der Waals surface area contributed by atoms with Crippen molar-refractivity contribution in [3.05, 3.63) is 0 Å². The molecule has 0 atom stereocenters. The second-order valence-electron chi connectivity index (χ2n) is 5.34. The first kappa shape index (κ1) is 15.9. The quantitative estimate of drug-likeness (QED) is 0.525. The summed E-state index contributed by atoms with van der Waals surface area (Å²) in [6.07, 6.45) is 10.8. The zero-order chi connectivity index (χ0) is 13.1. The standard InChI is InChI=1S/C15H32N2O/c1-3-5-7-9-11-16(12-10-8-6-4-2)17-13-14-18-15-17/h3-15H2,1-2H3. The third kappa shape index (κ3) is 6.72. The summed E-state index contributed by atoms with van der Waals surface area (Å²) in [7, 11) is 0. The van der Waals surface area contributed by atoms with Gasteiger partial charge in [-0.25, -0.2) is 10.0 Å². The summed E-state index contributed by atoms with van der Waals surface area (Å²) in [5, 5.41) is 4.94. The van der Waals surface area contributed by atoms with E-state index in [1.165, 1.54) is 64.5 Å². The van der Waals surface area contributed by atoms with Crippen molar-refractivity contribution in [2.75, 3.05) is 33.0 Å². The maximum Gasteiger partial charge on any atom is 0.112 e. The maximum absolute atomic E-state index is 5.48. The molecule has 0 bridgehead atoms. The van der Waals surface area contributed by atoms with Gasteiger partial charge in [-0.1, -0.05) is 52.4 Å². The number of nitrogens with zero attached hydrogens (tertiary/aromatic N) is 2. The molecule has 0 radical (unpaired) electrons. The first-order valence-corrected chi connectivity index (χ1v) is 7.96. The molecule has 0 amide bonds. The van der Waals surface area contributed by atoms with Crippen molar-refractivity contribution in [1.29, 1.82) is 0 Å². The van der Waals surface area contributed by atoms with Gasteiger partial charge in [0.15, 0.2) is 0 Å². The van der Waals surface area contributed by atoms with Crippen LogP contribution in [0.15, 0.2) is 0 Å². The Morgan fingerprint density at radius 3 is 1.94 bits per heavy atom. The van der Waals surface area contributed by atoms with Gasteiger partial charge in [-0.15, -0.1) is 0 Å². The Balaban J connectivity index is 2.18. The lowest BCUT2D eigenvalue weighted by atomic mass is 10.2. The van der Waals surface area contributed by atoms with Crippen LogP contribution in [0.1, 0.15) is 65.2 Å². The molecular weight excluding hydrogens is 224 g/mol. The van der Waals surface area contributed by atoms with Gasteiger partial charge in [-0.05, 0) is 12.8 Å². The minimum absolute atomic E-state index is 0.807. The van der Waals surface area contributed by atoms with E-state index in [9.17, 15) is 0 Å². The lowest BCUT2D eigenvalue weighted by Crippen LogP contribution is -2.42. The van der Waals surface area contributed by atoms with Gasteiger partial charge >= 0.3 is 0 Å². The zero-order valence-electron chi connectivity index (χ0n) is 12.5. The Morgan fingerprint density at radius 1 is 0.889 bits per heavy atom. The zero-order valence-corrected chi connectivity index (χ0v) is 12.5. The highest BCUT2D eigenvalue weighted by molar-refractivity contribution is 4.61. The van der Waals surface area contributed by atoms with Gasteiger partial charge in [-0.3, -0.25) is 0 Å². The van der Waals surface area contributed by atoms with Crippen LogP contribution >= 0.6 is 0 Å². The van der Waals surface area contributed by atoms with Crippen LogP contribution in [0.2, 0.25) is 0 Å². The molecule has 0 saturated carbocycles. The Bertz CT molecular complexity index is 169. The molecule has 1 saturated heterocycles. The summed E-state index contributed by atoms with van der Waals surface area (Å²) in [6.45, 7) is 9.78. The largest absolute Gasteiger partial charge is 0.363 e. The molecule has 1 rings (SSSR count). The fraction of sp³-hybridized carbons (Fsp3) is 1.00. The average molecular weight is 256 g/mol. The number of hydrazine groups is 1. The molecule has 1 heterocycles. The summed E-state index contributed by atoms with van der Waals surface area (Å²) in [6, 6.07) is 0. The molecule has 0 aliphatic carbocycles. The number of unbranched alkanes of at least 4 members (excludes halogenated alkanes) is 6. The highest BCUT2D eigenvalue weighted by Gasteiger charge is 2.18. The number of rotatable bonds is 11.